The first-order valence-electron chi connectivity index (χ1n) is 5.08. The van der Waals surface area contributed by atoms with Crippen LogP contribution in [0.1, 0.15) is 26.7 Å². The Morgan fingerprint density at radius 3 is 2.93 bits per heavy atom. The van der Waals surface area contributed by atoms with E-state index < -0.39 is 0 Å². The van der Waals surface area contributed by atoms with Crippen molar-refractivity contribution in [3.8, 4) is 0 Å². The number of nitrogen functional groups attached to an aromatic ring is 1. The molecule has 0 saturated carbocycles. The summed E-state index contributed by atoms with van der Waals surface area (Å²) in [6.07, 6.45) is 2.28. The maximum absolute atomic E-state index is 5.40. The fourth-order valence-electron chi connectivity index (χ4n) is 2.21. The second-order valence-corrected chi connectivity index (χ2v) is 3.86. The van der Waals surface area contributed by atoms with Gasteiger partial charge in [0.25, 0.3) is 0 Å². The number of rotatable bonds is 2. The summed E-state index contributed by atoms with van der Waals surface area (Å²) in [6, 6.07) is 1.22. The van der Waals surface area contributed by atoms with Crippen LogP contribution in [0.3, 0.4) is 0 Å². The second kappa shape index (κ2) is 3.48. The summed E-state index contributed by atoms with van der Waals surface area (Å²) >= 11 is 0. The zero-order valence-corrected chi connectivity index (χ0v) is 8.60. The first-order valence-corrected chi connectivity index (χ1v) is 5.08. The minimum atomic E-state index is 0.148. The molecule has 2 N–H and O–H groups in total. The van der Waals surface area contributed by atoms with Gasteiger partial charge >= 0.3 is 12.0 Å². The van der Waals surface area contributed by atoms with Gasteiger partial charge in [0, 0.05) is 12.6 Å². The highest BCUT2D eigenvalue weighted by atomic mass is 16.4. The fraction of sp³-hybridized carbons (Fsp3) is 0.778. The molecule has 0 aromatic carbocycles. The van der Waals surface area contributed by atoms with Gasteiger partial charge in [-0.1, -0.05) is 24.0 Å². The summed E-state index contributed by atoms with van der Waals surface area (Å²) in [6.45, 7) is 5.43. The minimum Gasteiger partial charge on any atom is -0.390 e. The van der Waals surface area contributed by atoms with Crippen molar-refractivity contribution in [1.29, 1.82) is 0 Å². The van der Waals surface area contributed by atoms with Crippen LogP contribution in [0.5, 0.6) is 0 Å². The van der Waals surface area contributed by atoms with Gasteiger partial charge in [0.15, 0.2) is 0 Å². The lowest BCUT2D eigenvalue weighted by Crippen LogP contribution is -2.31. The molecule has 78 valence electrons. The molecule has 1 aromatic rings. The van der Waals surface area contributed by atoms with Crippen molar-refractivity contribution in [1.82, 2.24) is 10.2 Å². The summed E-state index contributed by atoms with van der Waals surface area (Å²) in [4.78, 5) is 2.16. The van der Waals surface area contributed by atoms with Crippen LogP contribution in [-0.4, -0.2) is 22.8 Å². The standard InChI is InChI=1S/C9H16N4O/c1-3-7-6(2)4-5-13(7)9-12-11-8(10)14-9/h6-7H,3-5H2,1-2H3,(H2,10,11). The minimum absolute atomic E-state index is 0.148. The normalized spacial score (nSPS) is 27.1. The van der Waals surface area contributed by atoms with Gasteiger partial charge in [-0.05, 0) is 18.8 Å². The first kappa shape index (κ1) is 9.30. The molecule has 0 spiro atoms. The highest BCUT2D eigenvalue weighted by Crippen LogP contribution is 2.30. The summed E-state index contributed by atoms with van der Waals surface area (Å²) in [5, 5.41) is 7.59. The molecule has 0 aliphatic carbocycles. The van der Waals surface area contributed by atoms with E-state index in [9.17, 15) is 0 Å². The van der Waals surface area contributed by atoms with Crippen LogP contribution in [0.15, 0.2) is 4.42 Å². The van der Waals surface area contributed by atoms with E-state index in [4.69, 9.17) is 10.2 Å². The van der Waals surface area contributed by atoms with Crippen LogP contribution in [0.25, 0.3) is 0 Å². The SMILES string of the molecule is CCC1C(C)CCN1c1nnc(N)o1. The summed E-state index contributed by atoms with van der Waals surface area (Å²) in [5.41, 5.74) is 5.40. The molecule has 2 rings (SSSR count). The number of nitrogens with two attached hydrogens (primary N) is 1. The van der Waals surface area contributed by atoms with Crippen molar-refractivity contribution in [2.75, 3.05) is 17.2 Å². The molecule has 2 atom stereocenters. The molecule has 2 unspecified atom stereocenters. The first-order chi connectivity index (χ1) is 6.72. The van der Waals surface area contributed by atoms with Gasteiger partial charge in [-0.2, -0.15) is 0 Å². The summed E-state index contributed by atoms with van der Waals surface area (Å²) in [7, 11) is 0. The Morgan fingerprint density at radius 1 is 1.57 bits per heavy atom. The van der Waals surface area contributed by atoms with E-state index in [2.05, 4.69) is 28.9 Å². The Balaban J connectivity index is 2.18. The smallest absolute Gasteiger partial charge is 0.319 e. The predicted molar refractivity (Wildman–Crippen MR) is 53.9 cm³/mol. The Kier molecular flexibility index (Phi) is 2.31. The largest absolute Gasteiger partial charge is 0.390 e. The molecule has 1 saturated heterocycles. The van der Waals surface area contributed by atoms with E-state index >= 15 is 0 Å². The Labute approximate surface area is 83.3 Å². The van der Waals surface area contributed by atoms with Crippen LogP contribution < -0.4 is 10.6 Å². The topological polar surface area (TPSA) is 68.2 Å². The van der Waals surface area contributed by atoms with E-state index in [1.165, 1.54) is 6.42 Å². The van der Waals surface area contributed by atoms with Crippen molar-refractivity contribution in [2.45, 2.75) is 32.7 Å². The zero-order valence-electron chi connectivity index (χ0n) is 8.60. The van der Waals surface area contributed by atoms with Crippen molar-refractivity contribution < 1.29 is 4.42 Å². The third-order valence-electron chi connectivity index (χ3n) is 2.98. The number of aromatic nitrogens is 2. The lowest BCUT2D eigenvalue weighted by atomic mass is 10.0. The molecular weight excluding hydrogens is 180 g/mol. The van der Waals surface area contributed by atoms with E-state index in [-0.39, 0.29) is 6.01 Å². The highest BCUT2D eigenvalue weighted by Gasteiger charge is 2.32. The van der Waals surface area contributed by atoms with Crippen LogP contribution in [-0.2, 0) is 0 Å². The Morgan fingerprint density at radius 2 is 2.36 bits per heavy atom. The molecule has 1 aromatic heterocycles. The number of hydrogen-bond donors (Lipinski definition) is 1. The van der Waals surface area contributed by atoms with Crippen molar-refractivity contribution >= 4 is 12.0 Å². The maximum Gasteiger partial charge on any atom is 0.319 e. The third kappa shape index (κ3) is 1.42. The van der Waals surface area contributed by atoms with Gasteiger partial charge in [-0.15, -0.1) is 0 Å². The molecule has 5 heteroatoms. The van der Waals surface area contributed by atoms with Crippen LogP contribution in [0, 0.1) is 5.92 Å². The van der Waals surface area contributed by atoms with Gasteiger partial charge < -0.3 is 15.1 Å². The lowest BCUT2D eigenvalue weighted by molar-refractivity contribution is 0.470. The quantitative estimate of drug-likeness (QED) is 0.771. The van der Waals surface area contributed by atoms with Crippen molar-refractivity contribution in [3.63, 3.8) is 0 Å². The fourth-order valence-corrected chi connectivity index (χ4v) is 2.21. The van der Waals surface area contributed by atoms with E-state index in [1.807, 2.05) is 0 Å². The molecule has 14 heavy (non-hydrogen) atoms. The predicted octanol–water partition coefficient (Wildman–Crippen LogP) is 1.28. The molecule has 5 nitrogen and oxygen atoms in total. The van der Waals surface area contributed by atoms with Crippen molar-refractivity contribution in [3.05, 3.63) is 0 Å². The zero-order chi connectivity index (χ0) is 10.1. The van der Waals surface area contributed by atoms with Crippen LogP contribution in [0.2, 0.25) is 0 Å². The maximum atomic E-state index is 5.40. The molecule has 0 bridgehead atoms. The van der Waals surface area contributed by atoms with Gasteiger partial charge in [0.1, 0.15) is 0 Å². The molecule has 0 amide bonds. The average molecular weight is 196 g/mol. The number of anilines is 2. The molecule has 2 heterocycles. The van der Waals surface area contributed by atoms with Crippen LogP contribution >= 0.6 is 0 Å². The highest BCUT2D eigenvalue weighted by molar-refractivity contribution is 5.31. The average Bonchev–Trinajstić information content (AvgIpc) is 2.71. The van der Waals surface area contributed by atoms with E-state index in [1.54, 1.807) is 0 Å². The molecule has 1 aliphatic rings. The Hall–Kier alpha value is -1.26. The number of nitrogens with zero attached hydrogens (tertiary/aromatic N) is 3. The third-order valence-corrected chi connectivity index (χ3v) is 2.98. The molecule has 0 radical (unpaired) electrons. The van der Waals surface area contributed by atoms with Gasteiger partial charge in [-0.25, -0.2) is 0 Å². The molecule has 1 aliphatic heterocycles. The molecule has 1 fully saturated rings. The molecular formula is C9H16N4O. The van der Waals surface area contributed by atoms with E-state index in [0.717, 1.165) is 13.0 Å². The Bertz CT molecular complexity index is 312. The van der Waals surface area contributed by atoms with Gasteiger partial charge in [0.05, 0.1) is 0 Å². The summed E-state index contributed by atoms with van der Waals surface area (Å²) in [5.74, 6) is 0.688. The van der Waals surface area contributed by atoms with Gasteiger partial charge in [0.2, 0.25) is 0 Å². The van der Waals surface area contributed by atoms with Crippen molar-refractivity contribution in [2.24, 2.45) is 5.92 Å². The summed E-state index contributed by atoms with van der Waals surface area (Å²) < 4.78 is 5.23. The monoisotopic (exact) mass is 196 g/mol. The van der Waals surface area contributed by atoms with Crippen LogP contribution in [0.4, 0.5) is 12.0 Å². The van der Waals surface area contributed by atoms with Gasteiger partial charge in [-0.3, -0.25) is 0 Å². The number of hydrogen-bond acceptors (Lipinski definition) is 5. The lowest BCUT2D eigenvalue weighted by Gasteiger charge is -2.23. The second-order valence-electron chi connectivity index (χ2n) is 3.86. The van der Waals surface area contributed by atoms with E-state index in [0.29, 0.717) is 18.0 Å².